The number of benzene rings is 1. The van der Waals surface area contributed by atoms with E-state index in [4.69, 9.17) is 0 Å². The van der Waals surface area contributed by atoms with Gasteiger partial charge in [-0.15, -0.1) is 0 Å². The van der Waals surface area contributed by atoms with Crippen LogP contribution in [0, 0.1) is 6.92 Å². The zero-order chi connectivity index (χ0) is 14.4. The quantitative estimate of drug-likeness (QED) is 0.783. The van der Waals surface area contributed by atoms with Crippen LogP contribution in [-0.2, 0) is 13.1 Å². The van der Waals surface area contributed by atoms with Gasteiger partial charge in [-0.05, 0) is 25.5 Å². The van der Waals surface area contributed by atoms with Gasteiger partial charge in [0.2, 0.25) is 0 Å². The van der Waals surface area contributed by atoms with Gasteiger partial charge in [0.25, 0.3) is 0 Å². The van der Waals surface area contributed by atoms with Gasteiger partial charge in [-0.1, -0.05) is 48.6 Å². The lowest BCUT2D eigenvalue weighted by atomic mass is 10.2. The maximum atomic E-state index is 11.7. The van der Waals surface area contributed by atoms with E-state index in [1.54, 1.807) is 0 Å². The van der Waals surface area contributed by atoms with E-state index in [-0.39, 0.29) is 4.87 Å². The highest BCUT2D eigenvalue weighted by Gasteiger charge is 2.08. The monoisotopic (exact) mass is 290 g/mol. The highest BCUT2D eigenvalue weighted by Crippen LogP contribution is 2.06. The molecule has 0 aliphatic carbocycles. The van der Waals surface area contributed by atoms with Crippen molar-refractivity contribution >= 4 is 11.3 Å². The van der Waals surface area contributed by atoms with Gasteiger partial charge in [0.15, 0.2) is 0 Å². The van der Waals surface area contributed by atoms with Crippen LogP contribution in [0.5, 0.6) is 0 Å². The molecule has 0 amide bonds. The zero-order valence-corrected chi connectivity index (χ0v) is 13.0. The second-order valence-corrected chi connectivity index (χ2v) is 5.88. The molecule has 0 atom stereocenters. The molecule has 0 saturated carbocycles. The summed E-state index contributed by atoms with van der Waals surface area (Å²) in [6.07, 6.45) is 1.13. The van der Waals surface area contributed by atoms with Gasteiger partial charge < -0.3 is 4.57 Å². The van der Waals surface area contributed by atoms with Gasteiger partial charge in [-0.3, -0.25) is 9.69 Å². The predicted molar refractivity (Wildman–Crippen MR) is 85.3 cm³/mol. The van der Waals surface area contributed by atoms with Crippen molar-refractivity contribution in [3.63, 3.8) is 0 Å². The normalized spacial score (nSPS) is 11.2. The van der Waals surface area contributed by atoms with E-state index in [1.807, 2.05) is 22.9 Å². The third-order valence-electron chi connectivity index (χ3n) is 3.41. The number of hydrogen-bond donors (Lipinski definition) is 0. The molecule has 0 saturated heterocycles. The second kappa shape index (κ2) is 7.41. The number of nitrogens with zero attached hydrogens (tertiary/aromatic N) is 2. The zero-order valence-electron chi connectivity index (χ0n) is 12.2. The van der Waals surface area contributed by atoms with E-state index in [2.05, 4.69) is 36.1 Å². The lowest BCUT2D eigenvalue weighted by Crippen LogP contribution is -2.30. The van der Waals surface area contributed by atoms with Crippen LogP contribution in [0.4, 0.5) is 0 Å². The largest absolute Gasteiger partial charge is 0.307 e. The molecular weight excluding hydrogens is 268 g/mol. The van der Waals surface area contributed by atoms with Crippen LogP contribution in [0.1, 0.15) is 24.6 Å². The van der Waals surface area contributed by atoms with Crippen LogP contribution in [0.2, 0.25) is 0 Å². The second-order valence-electron chi connectivity index (χ2n) is 5.06. The summed E-state index contributed by atoms with van der Waals surface area (Å²) < 4.78 is 1.87. The van der Waals surface area contributed by atoms with Crippen LogP contribution in [0.15, 0.2) is 40.5 Å². The molecule has 0 unspecified atom stereocenters. The predicted octanol–water partition coefficient (Wildman–Crippen LogP) is 3.13. The lowest BCUT2D eigenvalue weighted by molar-refractivity contribution is 0.254. The number of rotatable bonds is 7. The number of hydrogen-bond acceptors (Lipinski definition) is 3. The summed E-state index contributed by atoms with van der Waals surface area (Å²) >= 11 is 1.29. The highest BCUT2D eigenvalue weighted by molar-refractivity contribution is 7.07. The van der Waals surface area contributed by atoms with Crippen LogP contribution in [0.25, 0.3) is 0 Å². The molecule has 0 fully saturated rings. The van der Waals surface area contributed by atoms with Gasteiger partial charge >= 0.3 is 4.87 Å². The Bertz CT molecular complexity index is 574. The van der Waals surface area contributed by atoms with Crippen LogP contribution in [0.3, 0.4) is 0 Å². The summed E-state index contributed by atoms with van der Waals surface area (Å²) in [4.78, 5) is 14.3. The maximum absolute atomic E-state index is 11.7. The fourth-order valence-electron chi connectivity index (χ4n) is 2.34. The van der Waals surface area contributed by atoms with Crippen molar-refractivity contribution in [1.82, 2.24) is 9.47 Å². The molecule has 108 valence electrons. The Kier molecular flexibility index (Phi) is 5.56. The van der Waals surface area contributed by atoms with E-state index in [9.17, 15) is 4.79 Å². The van der Waals surface area contributed by atoms with Crippen molar-refractivity contribution in [2.24, 2.45) is 0 Å². The molecule has 0 aliphatic heterocycles. The summed E-state index contributed by atoms with van der Waals surface area (Å²) in [6.45, 7) is 7.90. The Morgan fingerprint density at radius 2 is 1.95 bits per heavy atom. The fourth-order valence-corrected chi connectivity index (χ4v) is 3.10. The SMILES string of the molecule is CCCN(CCn1c(C)csc1=O)Cc1ccccc1. The van der Waals surface area contributed by atoms with Gasteiger partial charge in [0, 0.05) is 30.7 Å². The molecule has 0 N–H and O–H groups in total. The molecule has 1 aromatic carbocycles. The molecule has 0 radical (unpaired) electrons. The Balaban J connectivity index is 1.97. The first-order chi connectivity index (χ1) is 9.70. The molecule has 2 rings (SSSR count). The lowest BCUT2D eigenvalue weighted by Gasteiger charge is -2.22. The van der Waals surface area contributed by atoms with Crippen molar-refractivity contribution in [2.45, 2.75) is 33.4 Å². The van der Waals surface area contributed by atoms with E-state index >= 15 is 0 Å². The van der Waals surface area contributed by atoms with Gasteiger partial charge in [-0.2, -0.15) is 0 Å². The van der Waals surface area contributed by atoms with Crippen LogP contribution < -0.4 is 4.87 Å². The summed E-state index contributed by atoms with van der Waals surface area (Å²) in [5, 5.41) is 1.93. The minimum atomic E-state index is 0.152. The minimum Gasteiger partial charge on any atom is -0.302 e. The average Bonchev–Trinajstić information content (AvgIpc) is 2.77. The first-order valence-corrected chi connectivity index (χ1v) is 8.00. The Morgan fingerprint density at radius 1 is 1.20 bits per heavy atom. The highest BCUT2D eigenvalue weighted by atomic mass is 32.1. The number of aryl methyl sites for hydroxylation is 1. The van der Waals surface area contributed by atoms with Crippen molar-refractivity contribution in [3.8, 4) is 0 Å². The molecule has 2 aromatic rings. The Hall–Kier alpha value is -1.39. The Morgan fingerprint density at radius 3 is 2.55 bits per heavy atom. The number of thiazole rings is 1. The molecule has 0 aliphatic rings. The number of aromatic nitrogens is 1. The van der Waals surface area contributed by atoms with Crippen molar-refractivity contribution in [2.75, 3.05) is 13.1 Å². The topological polar surface area (TPSA) is 25.2 Å². The van der Waals surface area contributed by atoms with Crippen LogP contribution in [-0.4, -0.2) is 22.6 Å². The van der Waals surface area contributed by atoms with Gasteiger partial charge in [0.05, 0.1) is 0 Å². The molecule has 0 spiro atoms. The van der Waals surface area contributed by atoms with E-state index < -0.39 is 0 Å². The molecule has 3 nitrogen and oxygen atoms in total. The summed E-state index contributed by atoms with van der Waals surface area (Å²) in [6, 6.07) is 10.5. The smallest absolute Gasteiger partial charge is 0.302 e. The molecular formula is C16H22N2OS. The molecule has 1 aromatic heterocycles. The summed E-state index contributed by atoms with van der Waals surface area (Å²) in [5.74, 6) is 0. The van der Waals surface area contributed by atoms with Crippen molar-refractivity contribution in [3.05, 3.63) is 56.6 Å². The maximum Gasteiger partial charge on any atom is 0.307 e. The first-order valence-electron chi connectivity index (χ1n) is 7.12. The molecule has 20 heavy (non-hydrogen) atoms. The van der Waals surface area contributed by atoms with E-state index in [1.165, 1.54) is 16.9 Å². The molecule has 0 bridgehead atoms. The molecule has 4 heteroatoms. The van der Waals surface area contributed by atoms with Crippen LogP contribution >= 0.6 is 11.3 Å². The summed E-state index contributed by atoms with van der Waals surface area (Å²) in [7, 11) is 0. The summed E-state index contributed by atoms with van der Waals surface area (Å²) in [5.41, 5.74) is 2.39. The van der Waals surface area contributed by atoms with Crippen molar-refractivity contribution in [1.29, 1.82) is 0 Å². The standard InChI is InChI=1S/C16H22N2OS/c1-3-9-17(12-15-7-5-4-6-8-15)10-11-18-14(2)13-20-16(18)19/h4-8,13H,3,9-12H2,1-2H3. The molecule has 1 heterocycles. The van der Waals surface area contributed by atoms with E-state index in [0.29, 0.717) is 0 Å². The van der Waals surface area contributed by atoms with E-state index in [0.717, 1.165) is 38.3 Å². The first kappa shape index (κ1) is 15.0. The van der Waals surface area contributed by atoms with Gasteiger partial charge in [0.1, 0.15) is 0 Å². The third kappa shape index (κ3) is 4.05. The van der Waals surface area contributed by atoms with Gasteiger partial charge in [-0.25, -0.2) is 0 Å². The fraction of sp³-hybridized carbons (Fsp3) is 0.438. The Labute approximate surface area is 124 Å². The van der Waals surface area contributed by atoms with Crippen molar-refractivity contribution < 1.29 is 0 Å². The average molecular weight is 290 g/mol. The minimum absolute atomic E-state index is 0.152. The third-order valence-corrected chi connectivity index (χ3v) is 4.29.